The van der Waals surface area contributed by atoms with E-state index in [9.17, 15) is 4.79 Å². The Morgan fingerprint density at radius 3 is 2.79 bits per heavy atom. The molecule has 1 N–H and O–H groups in total. The van der Waals surface area contributed by atoms with Crippen molar-refractivity contribution in [1.29, 1.82) is 0 Å². The number of aromatic carboxylic acids is 1. The van der Waals surface area contributed by atoms with Crippen LogP contribution in [0.25, 0.3) is 10.9 Å². The molecular weight excluding hydrogens is 246 g/mol. The fraction of sp³-hybridized carbons (Fsp3) is 0.308. The average Bonchev–Trinajstić information content (AvgIpc) is 2.47. The molecule has 0 aromatic carbocycles. The van der Waals surface area contributed by atoms with Gasteiger partial charge in [0, 0.05) is 24.7 Å². The number of pyridine rings is 2. The van der Waals surface area contributed by atoms with Crippen LogP contribution in [0.3, 0.4) is 0 Å². The van der Waals surface area contributed by atoms with Gasteiger partial charge in [0.2, 0.25) is 0 Å². The lowest BCUT2D eigenvalue weighted by Crippen LogP contribution is -2.36. The van der Waals surface area contributed by atoms with Gasteiger partial charge in [0.15, 0.2) is 0 Å². The molecule has 1 fully saturated rings. The molecule has 1 aliphatic heterocycles. The first-order valence-corrected chi connectivity index (χ1v) is 6.06. The number of anilines is 1. The summed E-state index contributed by atoms with van der Waals surface area (Å²) in [6.07, 6.45) is 3.42. The minimum absolute atomic E-state index is 0.0493. The molecule has 98 valence electrons. The Kier molecular flexibility index (Phi) is 3.00. The van der Waals surface area contributed by atoms with Crippen molar-refractivity contribution in [2.75, 3.05) is 31.2 Å². The molecular formula is C13H13N3O3. The molecule has 0 saturated carbocycles. The van der Waals surface area contributed by atoms with Crippen LogP contribution in [-0.4, -0.2) is 47.3 Å². The molecule has 3 rings (SSSR count). The van der Waals surface area contributed by atoms with Crippen LogP contribution in [0.5, 0.6) is 0 Å². The number of rotatable bonds is 2. The zero-order valence-electron chi connectivity index (χ0n) is 10.2. The van der Waals surface area contributed by atoms with Crippen LogP contribution in [0.15, 0.2) is 24.5 Å². The summed E-state index contributed by atoms with van der Waals surface area (Å²) >= 11 is 0. The first kappa shape index (κ1) is 11.9. The Labute approximate surface area is 109 Å². The van der Waals surface area contributed by atoms with Crippen molar-refractivity contribution in [1.82, 2.24) is 9.97 Å². The summed E-state index contributed by atoms with van der Waals surface area (Å²) < 4.78 is 5.32. The highest BCUT2D eigenvalue weighted by molar-refractivity contribution is 5.94. The molecule has 1 aliphatic rings. The standard InChI is InChI=1S/C13H13N3O3/c17-13(18)10-2-1-9-7-14-8-11(12(9)15-10)16-3-5-19-6-4-16/h1-2,7-8H,3-6H2,(H,17,18). The van der Waals surface area contributed by atoms with Crippen LogP contribution in [0.1, 0.15) is 10.5 Å². The van der Waals surface area contributed by atoms with Gasteiger partial charge in [0.05, 0.1) is 30.6 Å². The molecule has 0 aliphatic carbocycles. The summed E-state index contributed by atoms with van der Waals surface area (Å²) in [7, 11) is 0. The maximum atomic E-state index is 11.0. The SMILES string of the molecule is O=C(O)c1ccc2cncc(N3CCOCC3)c2n1. The van der Waals surface area contributed by atoms with E-state index in [1.165, 1.54) is 6.07 Å². The van der Waals surface area contributed by atoms with E-state index in [2.05, 4.69) is 14.9 Å². The number of hydrogen-bond acceptors (Lipinski definition) is 5. The Hall–Kier alpha value is -2.21. The first-order chi connectivity index (χ1) is 9.25. The summed E-state index contributed by atoms with van der Waals surface area (Å²) in [4.78, 5) is 21.6. The molecule has 6 nitrogen and oxygen atoms in total. The quantitative estimate of drug-likeness (QED) is 0.872. The molecule has 0 unspecified atom stereocenters. The van der Waals surface area contributed by atoms with Crippen LogP contribution in [0.2, 0.25) is 0 Å². The maximum absolute atomic E-state index is 11.0. The third kappa shape index (κ3) is 2.22. The molecule has 2 aromatic heterocycles. The van der Waals surface area contributed by atoms with E-state index in [0.29, 0.717) is 18.7 Å². The topological polar surface area (TPSA) is 75.5 Å². The van der Waals surface area contributed by atoms with Crippen molar-refractivity contribution in [3.63, 3.8) is 0 Å². The van der Waals surface area contributed by atoms with Crippen molar-refractivity contribution >= 4 is 22.6 Å². The van der Waals surface area contributed by atoms with Gasteiger partial charge in [-0.2, -0.15) is 0 Å². The summed E-state index contributed by atoms with van der Waals surface area (Å²) in [5.74, 6) is -1.02. The van der Waals surface area contributed by atoms with Gasteiger partial charge >= 0.3 is 5.97 Å². The zero-order chi connectivity index (χ0) is 13.2. The van der Waals surface area contributed by atoms with Crippen molar-refractivity contribution in [2.24, 2.45) is 0 Å². The predicted octanol–water partition coefficient (Wildman–Crippen LogP) is 1.16. The van der Waals surface area contributed by atoms with Gasteiger partial charge < -0.3 is 14.7 Å². The Bertz CT molecular complexity index is 624. The van der Waals surface area contributed by atoms with Gasteiger partial charge in [-0.25, -0.2) is 9.78 Å². The van der Waals surface area contributed by atoms with Crippen LogP contribution >= 0.6 is 0 Å². The molecule has 3 heterocycles. The number of nitrogens with zero attached hydrogens (tertiary/aromatic N) is 3. The van der Waals surface area contributed by atoms with Gasteiger partial charge in [0.25, 0.3) is 0 Å². The third-order valence-electron chi connectivity index (χ3n) is 3.15. The zero-order valence-corrected chi connectivity index (χ0v) is 10.2. The second-order valence-corrected chi connectivity index (χ2v) is 4.33. The Morgan fingerprint density at radius 2 is 2.05 bits per heavy atom. The molecule has 1 saturated heterocycles. The number of fused-ring (bicyclic) bond motifs is 1. The highest BCUT2D eigenvalue weighted by Gasteiger charge is 2.16. The normalized spacial score (nSPS) is 15.7. The fourth-order valence-electron chi connectivity index (χ4n) is 2.18. The average molecular weight is 259 g/mol. The van der Waals surface area contributed by atoms with Crippen LogP contribution < -0.4 is 4.90 Å². The lowest BCUT2D eigenvalue weighted by atomic mass is 10.2. The van der Waals surface area contributed by atoms with Gasteiger partial charge in [-0.15, -0.1) is 0 Å². The lowest BCUT2D eigenvalue weighted by molar-refractivity contribution is 0.0691. The number of hydrogen-bond donors (Lipinski definition) is 1. The monoisotopic (exact) mass is 259 g/mol. The van der Waals surface area contributed by atoms with E-state index < -0.39 is 5.97 Å². The van der Waals surface area contributed by atoms with E-state index in [0.717, 1.165) is 24.2 Å². The second kappa shape index (κ2) is 4.81. The van der Waals surface area contributed by atoms with Crippen LogP contribution in [0, 0.1) is 0 Å². The summed E-state index contributed by atoms with van der Waals surface area (Å²) in [6.45, 7) is 2.85. The summed E-state index contributed by atoms with van der Waals surface area (Å²) in [5, 5.41) is 9.88. The highest BCUT2D eigenvalue weighted by Crippen LogP contribution is 2.24. The number of aromatic nitrogens is 2. The minimum Gasteiger partial charge on any atom is -0.477 e. The van der Waals surface area contributed by atoms with Crippen molar-refractivity contribution in [2.45, 2.75) is 0 Å². The number of carbonyl (C=O) groups is 1. The number of carboxylic acids is 1. The highest BCUT2D eigenvalue weighted by atomic mass is 16.5. The van der Waals surface area contributed by atoms with E-state index in [1.54, 1.807) is 18.5 Å². The van der Waals surface area contributed by atoms with E-state index >= 15 is 0 Å². The van der Waals surface area contributed by atoms with Crippen LogP contribution in [0.4, 0.5) is 5.69 Å². The fourth-order valence-corrected chi connectivity index (χ4v) is 2.18. The molecule has 0 amide bonds. The minimum atomic E-state index is -1.02. The molecule has 0 atom stereocenters. The van der Waals surface area contributed by atoms with Gasteiger partial charge in [0.1, 0.15) is 5.69 Å². The predicted molar refractivity (Wildman–Crippen MR) is 69.5 cm³/mol. The van der Waals surface area contributed by atoms with Crippen molar-refractivity contribution in [3.8, 4) is 0 Å². The number of carboxylic acid groups (broad SMARTS) is 1. The molecule has 0 radical (unpaired) electrons. The summed E-state index contributed by atoms with van der Waals surface area (Å²) in [5.41, 5.74) is 1.59. The van der Waals surface area contributed by atoms with Gasteiger partial charge in [-0.1, -0.05) is 0 Å². The van der Waals surface area contributed by atoms with E-state index in [1.807, 2.05) is 0 Å². The molecule has 0 spiro atoms. The molecule has 2 aromatic rings. The third-order valence-corrected chi connectivity index (χ3v) is 3.15. The van der Waals surface area contributed by atoms with E-state index in [4.69, 9.17) is 9.84 Å². The number of ether oxygens (including phenoxy) is 1. The Balaban J connectivity index is 2.11. The number of morpholine rings is 1. The Morgan fingerprint density at radius 1 is 1.26 bits per heavy atom. The first-order valence-electron chi connectivity index (χ1n) is 6.06. The second-order valence-electron chi connectivity index (χ2n) is 4.33. The van der Waals surface area contributed by atoms with Crippen LogP contribution in [-0.2, 0) is 4.74 Å². The van der Waals surface area contributed by atoms with Gasteiger partial charge in [-0.3, -0.25) is 4.98 Å². The van der Waals surface area contributed by atoms with Crippen molar-refractivity contribution in [3.05, 3.63) is 30.2 Å². The summed E-state index contributed by atoms with van der Waals surface area (Å²) in [6, 6.07) is 3.23. The maximum Gasteiger partial charge on any atom is 0.354 e. The van der Waals surface area contributed by atoms with Crippen molar-refractivity contribution < 1.29 is 14.6 Å². The lowest BCUT2D eigenvalue weighted by Gasteiger charge is -2.29. The molecule has 6 heteroatoms. The van der Waals surface area contributed by atoms with Gasteiger partial charge in [-0.05, 0) is 12.1 Å². The molecule has 19 heavy (non-hydrogen) atoms. The largest absolute Gasteiger partial charge is 0.477 e. The van der Waals surface area contributed by atoms with E-state index in [-0.39, 0.29) is 5.69 Å². The smallest absolute Gasteiger partial charge is 0.354 e. The molecule has 0 bridgehead atoms.